The maximum absolute atomic E-state index is 12.0. The molecule has 1 aromatic carbocycles. The van der Waals surface area contributed by atoms with Gasteiger partial charge in [-0.1, -0.05) is 23.9 Å². The number of nitrogens with zero attached hydrogens (tertiary/aromatic N) is 4. The van der Waals surface area contributed by atoms with Crippen LogP contribution in [0.3, 0.4) is 0 Å². The number of aryl methyl sites for hydroxylation is 3. The SMILES string of the molecule is Cc1cccc(OCCNC(=O)CSc2nc3nc(C)c(C)c(C)n3n2)c1. The molecule has 0 aliphatic heterocycles. The van der Waals surface area contributed by atoms with E-state index in [9.17, 15) is 4.79 Å². The van der Waals surface area contributed by atoms with Crippen LogP contribution in [-0.4, -0.2) is 44.4 Å². The van der Waals surface area contributed by atoms with Crippen molar-refractivity contribution in [3.63, 3.8) is 0 Å². The highest BCUT2D eigenvalue weighted by atomic mass is 32.2. The number of nitrogens with one attached hydrogen (secondary N) is 1. The van der Waals surface area contributed by atoms with E-state index in [0.29, 0.717) is 24.1 Å². The normalized spacial score (nSPS) is 11.0. The predicted molar refractivity (Wildman–Crippen MR) is 105 cm³/mol. The van der Waals surface area contributed by atoms with Crippen LogP contribution in [0.15, 0.2) is 29.4 Å². The molecule has 0 aliphatic carbocycles. The Morgan fingerprint density at radius 1 is 1.22 bits per heavy atom. The zero-order valence-electron chi connectivity index (χ0n) is 15.9. The van der Waals surface area contributed by atoms with Crippen LogP contribution in [0.2, 0.25) is 0 Å². The highest BCUT2D eigenvalue weighted by molar-refractivity contribution is 7.99. The molecular formula is C19H23N5O2S. The summed E-state index contributed by atoms with van der Waals surface area (Å²) in [5.41, 5.74) is 4.18. The van der Waals surface area contributed by atoms with Crippen LogP contribution in [0.1, 0.15) is 22.5 Å². The van der Waals surface area contributed by atoms with Gasteiger partial charge in [0.05, 0.1) is 12.3 Å². The van der Waals surface area contributed by atoms with Gasteiger partial charge in [0, 0.05) is 11.4 Å². The van der Waals surface area contributed by atoms with Crippen molar-refractivity contribution in [2.75, 3.05) is 18.9 Å². The molecule has 2 heterocycles. The molecular weight excluding hydrogens is 362 g/mol. The topological polar surface area (TPSA) is 81.4 Å². The molecule has 27 heavy (non-hydrogen) atoms. The van der Waals surface area contributed by atoms with Crippen molar-refractivity contribution >= 4 is 23.4 Å². The van der Waals surface area contributed by atoms with Crippen LogP contribution < -0.4 is 10.1 Å². The molecule has 0 saturated heterocycles. The minimum atomic E-state index is -0.0799. The third kappa shape index (κ3) is 4.77. The number of rotatable bonds is 7. The fourth-order valence-corrected chi connectivity index (χ4v) is 3.19. The first-order valence-electron chi connectivity index (χ1n) is 8.73. The van der Waals surface area contributed by atoms with Crippen LogP contribution in [-0.2, 0) is 4.79 Å². The van der Waals surface area contributed by atoms with Crippen LogP contribution in [0.5, 0.6) is 5.75 Å². The average molecular weight is 385 g/mol. The fraction of sp³-hybridized carbons (Fsp3) is 0.368. The van der Waals surface area contributed by atoms with Crippen LogP contribution in [0.4, 0.5) is 0 Å². The molecule has 8 heteroatoms. The van der Waals surface area contributed by atoms with Gasteiger partial charge in [0.15, 0.2) is 0 Å². The summed E-state index contributed by atoms with van der Waals surface area (Å²) in [6, 6.07) is 7.82. The molecule has 0 radical (unpaired) electrons. The lowest BCUT2D eigenvalue weighted by Gasteiger charge is -2.07. The lowest BCUT2D eigenvalue weighted by atomic mass is 10.2. The molecule has 0 spiro atoms. The first-order valence-corrected chi connectivity index (χ1v) is 9.72. The summed E-state index contributed by atoms with van der Waals surface area (Å²) < 4.78 is 7.34. The molecule has 0 aliphatic rings. The second-order valence-corrected chi connectivity index (χ2v) is 7.26. The van der Waals surface area contributed by atoms with Crippen molar-refractivity contribution < 1.29 is 9.53 Å². The molecule has 0 fully saturated rings. The van der Waals surface area contributed by atoms with Crippen molar-refractivity contribution in [3.05, 3.63) is 46.8 Å². The Hall–Kier alpha value is -2.61. The van der Waals surface area contributed by atoms with Gasteiger partial charge < -0.3 is 10.1 Å². The summed E-state index contributed by atoms with van der Waals surface area (Å²) in [5, 5.41) is 7.81. The van der Waals surface area contributed by atoms with E-state index in [0.717, 1.165) is 28.3 Å². The van der Waals surface area contributed by atoms with Crippen molar-refractivity contribution in [2.45, 2.75) is 32.9 Å². The summed E-state index contributed by atoms with van der Waals surface area (Å²) >= 11 is 1.30. The highest BCUT2D eigenvalue weighted by Crippen LogP contribution is 2.17. The van der Waals surface area contributed by atoms with Crippen LogP contribution in [0, 0.1) is 27.7 Å². The van der Waals surface area contributed by atoms with Crippen LogP contribution in [0.25, 0.3) is 5.78 Å². The summed E-state index contributed by atoms with van der Waals surface area (Å²) in [7, 11) is 0. The van der Waals surface area contributed by atoms with Gasteiger partial charge in [-0.15, -0.1) is 5.10 Å². The Morgan fingerprint density at radius 2 is 2.04 bits per heavy atom. The Labute approximate surface area is 162 Å². The van der Waals surface area contributed by atoms with Gasteiger partial charge in [-0.2, -0.15) is 4.98 Å². The van der Waals surface area contributed by atoms with Crippen LogP contribution >= 0.6 is 11.8 Å². The van der Waals surface area contributed by atoms with E-state index in [1.165, 1.54) is 11.8 Å². The van der Waals surface area contributed by atoms with E-state index in [4.69, 9.17) is 4.74 Å². The Morgan fingerprint density at radius 3 is 2.81 bits per heavy atom. The lowest BCUT2D eigenvalue weighted by molar-refractivity contribution is -0.118. The largest absolute Gasteiger partial charge is 0.492 e. The van der Waals surface area contributed by atoms with Gasteiger partial charge in [-0.05, 0) is 51.0 Å². The molecule has 0 bridgehead atoms. The number of carbonyl (C=O) groups is 1. The van der Waals surface area contributed by atoms with E-state index in [1.807, 2.05) is 52.0 Å². The fourth-order valence-electron chi connectivity index (χ4n) is 2.54. The molecule has 1 N–H and O–H groups in total. The van der Waals surface area contributed by atoms with E-state index >= 15 is 0 Å². The highest BCUT2D eigenvalue weighted by Gasteiger charge is 2.12. The van der Waals surface area contributed by atoms with E-state index < -0.39 is 0 Å². The number of hydrogen-bond acceptors (Lipinski definition) is 6. The standard InChI is InChI=1S/C19H23N5O2S/c1-12-6-5-7-16(10-12)26-9-8-20-17(25)11-27-19-22-18-21-14(3)13(2)15(4)24(18)23-19/h5-7,10H,8-9,11H2,1-4H3,(H,20,25). The number of thioether (sulfide) groups is 1. The zero-order valence-corrected chi connectivity index (χ0v) is 16.8. The molecule has 0 saturated carbocycles. The third-order valence-corrected chi connectivity index (χ3v) is 5.09. The van der Waals surface area contributed by atoms with Gasteiger partial charge in [0.25, 0.3) is 5.78 Å². The molecule has 3 rings (SSSR count). The Kier molecular flexibility index (Phi) is 5.95. The maximum Gasteiger partial charge on any atom is 0.253 e. The summed E-state index contributed by atoms with van der Waals surface area (Å²) in [4.78, 5) is 20.8. The van der Waals surface area contributed by atoms with Gasteiger partial charge in [-0.25, -0.2) is 9.50 Å². The van der Waals surface area contributed by atoms with Crippen molar-refractivity contribution in [1.29, 1.82) is 0 Å². The molecule has 0 atom stereocenters. The van der Waals surface area contributed by atoms with E-state index in [2.05, 4.69) is 20.4 Å². The molecule has 7 nitrogen and oxygen atoms in total. The first kappa shape index (κ1) is 19.2. The second-order valence-electron chi connectivity index (χ2n) is 6.32. The molecule has 2 aromatic heterocycles. The second kappa shape index (κ2) is 8.39. The van der Waals surface area contributed by atoms with E-state index in [1.54, 1.807) is 4.52 Å². The summed E-state index contributed by atoms with van der Waals surface area (Å²) in [5.74, 6) is 1.54. The number of aromatic nitrogens is 4. The van der Waals surface area contributed by atoms with Crippen molar-refractivity contribution in [2.24, 2.45) is 0 Å². The number of fused-ring (bicyclic) bond motifs is 1. The number of benzene rings is 1. The number of hydrogen-bond donors (Lipinski definition) is 1. The Bertz CT molecular complexity index is 970. The van der Waals surface area contributed by atoms with Gasteiger partial charge in [-0.3, -0.25) is 4.79 Å². The number of carbonyl (C=O) groups excluding carboxylic acids is 1. The molecule has 3 aromatic rings. The van der Waals surface area contributed by atoms with Gasteiger partial charge >= 0.3 is 0 Å². The molecule has 1 amide bonds. The predicted octanol–water partition coefficient (Wildman–Crippen LogP) is 2.65. The summed E-state index contributed by atoms with van der Waals surface area (Å²) in [6.07, 6.45) is 0. The average Bonchev–Trinajstić information content (AvgIpc) is 3.05. The first-order chi connectivity index (χ1) is 12.9. The Balaban J connectivity index is 1.46. The van der Waals surface area contributed by atoms with Gasteiger partial charge in [0.1, 0.15) is 12.4 Å². The number of amides is 1. The third-order valence-electron chi connectivity index (χ3n) is 4.26. The quantitative estimate of drug-likeness (QED) is 0.497. The minimum absolute atomic E-state index is 0.0799. The van der Waals surface area contributed by atoms with Crippen molar-refractivity contribution in [1.82, 2.24) is 24.9 Å². The zero-order chi connectivity index (χ0) is 19.4. The monoisotopic (exact) mass is 385 g/mol. The maximum atomic E-state index is 12.0. The number of ether oxygens (including phenoxy) is 1. The van der Waals surface area contributed by atoms with Crippen molar-refractivity contribution in [3.8, 4) is 5.75 Å². The smallest absolute Gasteiger partial charge is 0.253 e. The molecule has 142 valence electrons. The molecule has 0 unspecified atom stereocenters. The van der Waals surface area contributed by atoms with E-state index in [-0.39, 0.29) is 11.7 Å². The van der Waals surface area contributed by atoms with Gasteiger partial charge in [0.2, 0.25) is 11.1 Å². The summed E-state index contributed by atoms with van der Waals surface area (Å²) in [6.45, 7) is 8.84. The minimum Gasteiger partial charge on any atom is -0.492 e. The lowest BCUT2D eigenvalue weighted by Crippen LogP contribution is -2.29.